The lowest BCUT2D eigenvalue weighted by Gasteiger charge is -2.32. The highest BCUT2D eigenvalue weighted by Gasteiger charge is 2.23. The van der Waals surface area contributed by atoms with Gasteiger partial charge >= 0.3 is 0 Å². The van der Waals surface area contributed by atoms with Gasteiger partial charge in [0.05, 0.1) is 6.61 Å². The van der Waals surface area contributed by atoms with Gasteiger partial charge in [-0.3, -0.25) is 9.59 Å². The summed E-state index contributed by atoms with van der Waals surface area (Å²) in [5.74, 6) is 1.63. The van der Waals surface area contributed by atoms with Gasteiger partial charge in [-0.25, -0.2) is 0 Å². The molecule has 0 aliphatic carbocycles. The number of carbonyl (C=O) groups excluding carboxylic acids is 2. The summed E-state index contributed by atoms with van der Waals surface area (Å²) in [5, 5.41) is 0. The number of amides is 2. The molecule has 30 heavy (non-hydrogen) atoms. The first kappa shape index (κ1) is 21.7. The fourth-order valence-electron chi connectivity index (χ4n) is 3.71. The standard InChI is InChI=1S/C24H30N2O4/c1-2-29-21-9-5-18(6-10-21)3-4-19-13-15-26(16-14-19)23(27)17-30-22-11-7-20(8-12-22)24(25)28/h5-12,19H,2-4,13-17H2,1H3,(H2,25,28). The third-order valence-corrected chi connectivity index (χ3v) is 5.54. The number of likely N-dealkylation sites (tertiary alicyclic amines) is 1. The molecule has 0 saturated carbocycles. The largest absolute Gasteiger partial charge is 0.494 e. The van der Waals surface area contributed by atoms with E-state index < -0.39 is 5.91 Å². The number of primary amides is 1. The van der Waals surface area contributed by atoms with Crippen LogP contribution in [0.3, 0.4) is 0 Å². The van der Waals surface area contributed by atoms with E-state index in [2.05, 4.69) is 12.1 Å². The van der Waals surface area contributed by atoms with Gasteiger partial charge in [0.2, 0.25) is 5.91 Å². The number of benzene rings is 2. The third kappa shape index (κ3) is 6.24. The van der Waals surface area contributed by atoms with Crippen molar-refractivity contribution in [2.24, 2.45) is 11.7 Å². The van der Waals surface area contributed by atoms with E-state index >= 15 is 0 Å². The van der Waals surface area contributed by atoms with Crippen molar-refractivity contribution in [3.05, 3.63) is 59.7 Å². The Labute approximate surface area is 178 Å². The molecule has 1 heterocycles. The molecule has 2 aromatic carbocycles. The molecule has 0 aromatic heterocycles. The maximum Gasteiger partial charge on any atom is 0.260 e. The third-order valence-electron chi connectivity index (χ3n) is 5.54. The fraction of sp³-hybridized carbons (Fsp3) is 0.417. The molecule has 1 saturated heterocycles. The van der Waals surface area contributed by atoms with Crippen molar-refractivity contribution in [1.82, 2.24) is 4.90 Å². The summed E-state index contributed by atoms with van der Waals surface area (Å²) in [6.45, 7) is 4.23. The average molecular weight is 411 g/mol. The highest BCUT2D eigenvalue weighted by molar-refractivity contribution is 5.92. The van der Waals surface area contributed by atoms with Crippen molar-refractivity contribution in [1.29, 1.82) is 0 Å². The maximum atomic E-state index is 12.4. The van der Waals surface area contributed by atoms with Crippen LogP contribution in [-0.2, 0) is 11.2 Å². The SMILES string of the molecule is CCOc1ccc(CCC2CCN(C(=O)COc3ccc(C(N)=O)cc3)CC2)cc1. The number of carbonyl (C=O) groups is 2. The fourth-order valence-corrected chi connectivity index (χ4v) is 3.71. The Morgan fingerprint density at radius 1 is 0.967 bits per heavy atom. The number of nitrogens with two attached hydrogens (primary N) is 1. The molecule has 6 nitrogen and oxygen atoms in total. The summed E-state index contributed by atoms with van der Waals surface area (Å²) in [4.78, 5) is 25.4. The van der Waals surface area contributed by atoms with Gasteiger partial charge in [-0.05, 0) is 80.5 Å². The van der Waals surface area contributed by atoms with Crippen LogP contribution in [0.4, 0.5) is 0 Å². The molecule has 0 atom stereocenters. The normalized spacial score (nSPS) is 14.4. The van der Waals surface area contributed by atoms with Crippen LogP contribution in [0.5, 0.6) is 11.5 Å². The Hall–Kier alpha value is -3.02. The predicted molar refractivity (Wildman–Crippen MR) is 116 cm³/mol. The highest BCUT2D eigenvalue weighted by Crippen LogP contribution is 2.23. The van der Waals surface area contributed by atoms with Crippen LogP contribution in [0.1, 0.15) is 42.1 Å². The second-order valence-corrected chi connectivity index (χ2v) is 7.62. The van der Waals surface area contributed by atoms with E-state index in [1.165, 1.54) is 5.56 Å². The zero-order chi connectivity index (χ0) is 21.3. The van der Waals surface area contributed by atoms with Crippen molar-refractivity contribution in [2.75, 3.05) is 26.3 Å². The second-order valence-electron chi connectivity index (χ2n) is 7.62. The summed E-state index contributed by atoms with van der Waals surface area (Å²) in [6, 6.07) is 14.8. The molecule has 0 unspecified atom stereocenters. The number of piperidine rings is 1. The molecule has 2 N–H and O–H groups in total. The van der Waals surface area contributed by atoms with Crippen molar-refractivity contribution >= 4 is 11.8 Å². The lowest BCUT2D eigenvalue weighted by Crippen LogP contribution is -2.41. The van der Waals surface area contributed by atoms with E-state index in [0.717, 1.165) is 44.5 Å². The summed E-state index contributed by atoms with van der Waals surface area (Å²) in [5.41, 5.74) is 6.96. The zero-order valence-electron chi connectivity index (χ0n) is 17.5. The van der Waals surface area contributed by atoms with Gasteiger partial charge in [0.15, 0.2) is 6.61 Å². The Morgan fingerprint density at radius 3 is 2.17 bits per heavy atom. The van der Waals surface area contributed by atoms with E-state index in [9.17, 15) is 9.59 Å². The van der Waals surface area contributed by atoms with Gasteiger partial charge in [0.25, 0.3) is 5.91 Å². The molecule has 1 aliphatic heterocycles. The number of rotatable bonds is 9. The van der Waals surface area contributed by atoms with E-state index in [1.54, 1.807) is 24.3 Å². The molecule has 0 radical (unpaired) electrons. The van der Waals surface area contributed by atoms with Crippen LogP contribution in [0.15, 0.2) is 48.5 Å². The molecule has 3 rings (SSSR count). The molecule has 0 bridgehead atoms. The number of ether oxygens (including phenoxy) is 2. The molecule has 1 fully saturated rings. The lowest BCUT2D eigenvalue weighted by molar-refractivity contribution is -0.134. The van der Waals surface area contributed by atoms with Gasteiger partial charge < -0.3 is 20.1 Å². The van der Waals surface area contributed by atoms with E-state index in [4.69, 9.17) is 15.2 Å². The minimum atomic E-state index is -0.483. The van der Waals surface area contributed by atoms with Crippen LogP contribution in [-0.4, -0.2) is 43.0 Å². The van der Waals surface area contributed by atoms with Gasteiger partial charge in [0, 0.05) is 18.7 Å². The van der Waals surface area contributed by atoms with Crippen molar-refractivity contribution in [3.63, 3.8) is 0 Å². The first-order valence-corrected chi connectivity index (χ1v) is 10.6. The Morgan fingerprint density at radius 2 is 1.57 bits per heavy atom. The number of aryl methyl sites for hydroxylation is 1. The minimum Gasteiger partial charge on any atom is -0.494 e. The molecular formula is C24H30N2O4. The van der Waals surface area contributed by atoms with Crippen LogP contribution in [0.25, 0.3) is 0 Å². The average Bonchev–Trinajstić information content (AvgIpc) is 2.78. The monoisotopic (exact) mass is 410 g/mol. The van der Waals surface area contributed by atoms with E-state index in [-0.39, 0.29) is 12.5 Å². The van der Waals surface area contributed by atoms with Gasteiger partial charge in [0.1, 0.15) is 11.5 Å². The van der Waals surface area contributed by atoms with Crippen molar-refractivity contribution in [2.45, 2.75) is 32.6 Å². The molecule has 2 amide bonds. The maximum absolute atomic E-state index is 12.4. The number of hydrogen-bond acceptors (Lipinski definition) is 4. The molecular weight excluding hydrogens is 380 g/mol. The summed E-state index contributed by atoms with van der Waals surface area (Å²) in [6.07, 6.45) is 4.24. The number of nitrogens with zero attached hydrogens (tertiary/aromatic N) is 1. The Kier molecular flexibility index (Phi) is 7.71. The molecule has 6 heteroatoms. The molecule has 160 valence electrons. The van der Waals surface area contributed by atoms with Crippen LogP contribution < -0.4 is 15.2 Å². The highest BCUT2D eigenvalue weighted by atomic mass is 16.5. The smallest absolute Gasteiger partial charge is 0.260 e. The first-order chi connectivity index (χ1) is 14.5. The van der Waals surface area contributed by atoms with Gasteiger partial charge in [-0.1, -0.05) is 12.1 Å². The molecule has 0 spiro atoms. The second kappa shape index (κ2) is 10.7. The molecule has 2 aromatic rings. The van der Waals surface area contributed by atoms with Crippen LogP contribution >= 0.6 is 0 Å². The molecule has 1 aliphatic rings. The topological polar surface area (TPSA) is 81.9 Å². The van der Waals surface area contributed by atoms with E-state index in [1.807, 2.05) is 24.0 Å². The lowest BCUT2D eigenvalue weighted by atomic mass is 9.90. The van der Waals surface area contributed by atoms with Crippen molar-refractivity contribution in [3.8, 4) is 11.5 Å². The quantitative estimate of drug-likeness (QED) is 0.687. The van der Waals surface area contributed by atoms with Crippen LogP contribution in [0.2, 0.25) is 0 Å². The zero-order valence-corrected chi connectivity index (χ0v) is 17.5. The van der Waals surface area contributed by atoms with Crippen molar-refractivity contribution < 1.29 is 19.1 Å². The van der Waals surface area contributed by atoms with Gasteiger partial charge in [-0.15, -0.1) is 0 Å². The summed E-state index contributed by atoms with van der Waals surface area (Å²) in [7, 11) is 0. The van der Waals surface area contributed by atoms with E-state index in [0.29, 0.717) is 23.8 Å². The minimum absolute atomic E-state index is 0.000981. The van der Waals surface area contributed by atoms with Gasteiger partial charge in [-0.2, -0.15) is 0 Å². The number of hydrogen-bond donors (Lipinski definition) is 1. The predicted octanol–water partition coefficient (Wildman–Crippen LogP) is 3.43. The summed E-state index contributed by atoms with van der Waals surface area (Å²) < 4.78 is 11.0. The van der Waals surface area contributed by atoms with Crippen LogP contribution in [0, 0.1) is 5.92 Å². The summed E-state index contributed by atoms with van der Waals surface area (Å²) >= 11 is 0. The Balaban J connectivity index is 1.37. The first-order valence-electron chi connectivity index (χ1n) is 10.6. The Bertz CT molecular complexity index is 825.